The molecule has 30 heavy (non-hydrogen) atoms. The highest BCUT2D eigenvalue weighted by atomic mass is 19.1. The summed E-state index contributed by atoms with van der Waals surface area (Å²) in [7, 11) is 1.53. The van der Waals surface area contributed by atoms with E-state index in [0.717, 1.165) is 11.8 Å². The van der Waals surface area contributed by atoms with E-state index in [0.29, 0.717) is 41.2 Å². The van der Waals surface area contributed by atoms with Gasteiger partial charge in [-0.05, 0) is 43.5 Å². The molecule has 0 bridgehead atoms. The Morgan fingerprint density at radius 3 is 2.60 bits per heavy atom. The molecule has 4 rings (SSSR count). The molecule has 8 heteroatoms. The third-order valence-corrected chi connectivity index (χ3v) is 5.22. The van der Waals surface area contributed by atoms with Gasteiger partial charge in [0, 0.05) is 17.8 Å². The number of nitrogens with one attached hydrogen (secondary N) is 1. The van der Waals surface area contributed by atoms with Crippen molar-refractivity contribution in [2.75, 3.05) is 12.4 Å². The molecule has 0 spiro atoms. The minimum atomic E-state index is -0.652. The van der Waals surface area contributed by atoms with E-state index in [2.05, 4.69) is 21.9 Å². The second-order valence-corrected chi connectivity index (χ2v) is 7.04. The van der Waals surface area contributed by atoms with Gasteiger partial charge in [0.15, 0.2) is 0 Å². The molecule has 6 nitrogen and oxygen atoms in total. The number of methoxy groups -OCH3 is 1. The van der Waals surface area contributed by atoms with Crippen LogP contribution in [0.1, 0.15) is 35.0 Å². The second kappa shape index (κ2) is 7.70. The van der Waals surface area contributed by atoms with Crippen LogP contribution >= 0.6 is 0 Å². The van der Waals surface area contributed by atoms with E-state index in [1.807, 2.05) is 4.57 Å². The second-order valence-electron chi connectivity index (χ2n) is 7.04. The van der Waals surface area contributed by atoms with Gasteiger partial charge in [0.1, 0.15) is 11.6 Å². The van der Waals surface area contributed by atoms with Crippen LogP contribution < -0.4 is 15.6 Å². The van der Waals surface area contributed by atoms with Crippen LogP contribution in [0, 0.1) is 18.6 Å². The predicted molar refractivity (Wildman–Crippen MR) is 110 cm³/mol. The Hall–Kier alpha value is -3.55. The van der Waals surface area contributed by atoms with Crippen LogP contribution in [0.3, 0.4) is 0 Å². The van der Waals surface area contributed by atoms with Gasteiger partial charge in [-0.25, -0.2) is 13.8 Å². The Morgan fingerprint density at radius 1 is 1.23 bits per heavy atom. The number of hydrogen-bond donors (Lipinski definition) is 1. The van der Waals surface area contributed by atoms with Crippen LogP contribution in [-0.4, -0.2) is 21.6 Å². The molecule has 1 N–H and O–H groups in total. The van der Waals surface area contributed by atoms with E-state index < -0.39 is 17.2 Å². The van der Waals surface area contributed by atoms with E-state index in [-0.39, 0.29) is 12.0 Å². The fourth-order valence-corrected chi connectivity index (χ4v) is 3.87. The van der Waals surface area contributed by atoms with Crippen molar-refractivity contribution in [3.63, 3.8) is 0 Å². The maximum absolute atomic E-state index is 13.9. The van der Waals surface area contributed by atoms with Gasteiger partial charge in [-0.1, -0.05) is 12.7 Å². The number of hydrogen-bond acceptors (Lipinski definition) is 5. The number of anilines is 2. The summed E-state index contributed by atoms with van der Waals surface area (Å²) in [6, 6.07) is 6.52. The normalized spacial score (nSPS) is 15.0. The van der Waals surface area contributed by atoms with E-state index in [9.17, 15) is 13.6 Å². The Morgan fingerprint density at radius 2 is 1.97 bits per heavy atom. The first-order valence-corrected chi connectivity index (χ1v) is 9.43. The van der Waals surface area contributed by atoms with Crippen LogP contribution in [0.15, 0.2) is 41.7 Å². The molecule has 1 aliphatic rings. The lowest BCUT2D eigenvalue weighted by Crippen LogP contribution is -2.22. The maximum Gasteiger partial charge on any atom is 0.281 e. The van der Waals surface area contributed by atoms with Gasteiger partial charge in [0.25, 0.3) is 5.56 Å². The zero-order chi connectivity index (χ0) is 21.4. The number of aromatic nitrogens is 3. The standard InChI is InChI=1S/C22H20F2N4O2/c1-4-16-19-7-6-18(13-9-14(23)11-15(24)10-13)28(19)22(27-21(16)29)26-17-5-8-20(30-3)25-12(17)2/h4-5,8-11,18H,1,6-7H2,2-3H3,(H,26,27,29). The molecular formula is C22H20F2N4O2. The largest absolute Gasteiger partial charge is 0.481 e. The molecule has 0 radical (unpaired) electrons. The van der Waals surface area contributed by atoms with Gasteiger partial charge in [-0.3, -0.25) is 4.79 Å². The number of fused-ring (bicyclic) bond motifs is 1. The molecule has 0 aliphatic carbocycles. The highest BCUT2D eigenvalue weighted by Gasteiger charge is 2.30. The van der Waals surface area contributed by atoms with Crippen molar-refractivity contribution in [2.45, 2.75) is 25.8 Å². The number of ether oxygens (including phenoxy) is 1. The highest BCUT2D eigenvalue weighted by molar-refractivity contribution is 5.60. The molecule has 1 aromatic carbocycles. The fraction of sp³-hybridized carbons (Fsp3) is 0.227. The lowest BCUT2D eigenvalue weighted by atomic mass is 10.0. The van der Waals surface area contributed by atoms with Crippen LogP contribution in [0.5, 0.6) is 5.88 Å². The molecule has 0 saturated heterocycles. The van der Waals surface area contributed by atoms with Gasteiger partial charge in [0.05, 0.1) is 30.1 Å². The van der Waals surface area contributed by atoms with Gasteiger partial charge < -0.3 is 14.6 Å². The summed E-state index contributed by atoms with van der Waals surface area (Å²) in [6.07, 6.45) is 2.60. The van der Waals surface area contributed by atoms with Crippen molar-refractivity contribution in [3.8, 4) is 5.88 Å². The number of aryl methyl sites for hydroxylation is 1. The van der Waals surface area contributed by atoms with Gasteiger partial charge in [-0.2, -0.15) is 4.98 Å². The average Bonchev–Trinajstić information content (AvgIpc) is 3.14. The molecule has 1 unspecified atom stereocenters. The van der Waals surface area contributed by atoms with E-state index in [1.165, 1.54) is 25.3 Å². The lowest BCUT2D eigenvalue weighted by Gasteiger charge is -2.22. The van der Waals surface area contributed by atoms with E-state index in [4.69, 9.17) is 4.74 Å². The number of halogens is 2. The lowest BCUT2D eigenvalue weighted by molar-refractivity contribution is 0.397. The molecule has 0 amide bonds. The number of rotatable bonds is 5. The molecule has 3 aromatic rings. The third kappa shape index (κ3) is 3.45. The summed E-state index contributed by atoms with van der Waals surface area (Å²) < 4.78 is 34.7. The van der Waals surface area contributed by atoms with Crippen molar-refractivity contribution in [1.82, 2.24) is 14.5 Å². The van der Waals surface area contributed by atoms with E-state index in [1.54, 1.807) is 19.1 Å². The van der Waals surface area contributed by atoms with Crippen molar-refractivity contribution >= 4 is 17.7 Å². The zero-order valence-corrected chi connectivity index (χ0v) is 16.6. The van der Waals surface area contributed by atoms with Crippen molar-refractivity contribution in [2.24, 2.45) is 0 Å². The van der Waals surface area contributed by atoms with Gasteiger partial charge in [0.2, 0.25) is 11.8 Å². The fourth-order valence-electron chi connectivity index (χ4n) is 3.87. The molecule has 3 heterocycles. The Kier molecular flexibility index (Phi) is 5.07. The molecule has 0 fully saturated rings. The molecular weight excluding hydrogens is 390 g/mol. The molecule has 1 atom stereocenters. The summed E-state index contributed by atoms with van der Waals surface area (Å²) in [5, 5.41) is 3.16. The minimum Gasteiger partial charge on any atom is -0.481 e. The first-order valence-electron chi connectivity index (χ1n) is 9.43. The molecule has 154 valence electrons. The summed E-state index contributed by atoms with van der Waals surface area (Å²) in [6.45, 7) is 5.52. The number of nitrogens with zero attached hydrogens (tertiary/aromatic N) is 3. The Bertz CT molecular complexity index is 1190. The number of benzene rings is 1. The summed E-state index contributed by atoms with van der Waals surface area (Å²) in [4.78, 5) is 21.1. The molecule has 0 saturated carbocycles. The average molecular weight is 410 g/mol. The van der Waals surface area contributed by atoms with Crippen molar-refractivity contribution in [1.29, 1.82) is 0 Å². The Labute approximate surface area is 171 Å². The maximum atomic E-state index is 13.9. The van der Waals surface area contributed by atoms with Crippen LogP contribution in [0.4, 0.5) is 20.4 Å². The Balaban J connectivity index is 1.86. The van der Waals surface area contributed by atoms with Crippen molar-refractivity contribution < 1.29 is 13.5 Å². The summed E-state index contributed by atoms with van der Waals surface area (Å²) in [5.74, 6) is -0.562. The quantitative estimate of drug-likeness (QED) is 0.684. The van der Waals surface area contributed by atoms with E-state index >= 15 is 0 Å². The monoisotopic (exact) mass is 410 g/mol. The summed E-state index contributed by atoms with van der Waals surface area (Å²) in [5.41, 5.74) is 2.46. The smallest absolute Gasteiger partial charge is 0.281 e. The van der Waals surface area contributed by atoms with Crippen LogP contribution in [0.2, 0.25) is 0 Å². The third-order valence-electron chi connectivity index (χ3n) is 5.22. The minimum absolute atomic E-state index is 0.280. The van der Waals surface area contributed by atoms with Gasteiger partial charge >= 0.3 is 0 Å². The first kappa shape index (κ1) is 19.8. The van der Waals surface area contributed by atoms with Crippen LogP contribution in [0.25, 0.3) is 6.08 Å². The van der Waals surface area contributed by atoms with Crippen molar-refractivity contribution in [3.05, 3.63) is 81.4 Å². The van der Waals surface area contributed by atoms with Crippen LogP contribution in [-0.2, 0) is 6.42 Å². The number of pyridine rings is 1. The molecule has 1 aliphatic heterocycles. The summed E-state index contributed by atoms with van der Waals surface area (Å²) >= 11 is 0. The molecule has 2 aromatic heterocycles. The first-order chi connectivity index (χ1) is 14.4. The zero-order valence-electron chi connectivity index (χ0n) is 16.6. The topological polar surface area (TPSA) is 69.0 Å². The SMILES string of the molecule is C=Cc1c2n(c(Nc3ccc(OC)nc3C)nc1=O)C(c1cc(F)cc(F)c1)CC2. The highest BCUT2D eigenvalue weighted by Crippen LogP contribution is 2.37. The van der Waals surface area contributed by atoms with Gasteiger partial charge in [-0.15, -0.1) is 0 Å². The predicted octanol–water partition coefficient (Wildman–Crippen LogP) is 4.16.